The Kier molecular flexibility index (Phi) is 5.47. The number of quaternary nitrogens is 1. The van der Waals surface area contributed by atoms with Crippen LogP contribution in [0.1, 0.15) is 20.8 Å². The van der Waals surface area contributed by atoms with Crippen molar-refractivity contribution >= 4 is 23.2 Å². The second-order valence-corrected chi connectivity index (χ2v) is 4.08. The average molecular weight is 230 g/mol. The van der Waals surface area contributed by atoms with Gasteiger partial charge in [-0.25, -0.2) is 9.28 Å². The second kappa shape index (κ2) is 5.83. The zero-order valence-corrected chi connectivity index (χ0v) is 10.7. The number of carbonyl (C=O) groups is 1. The first-order chi connectivity index (χ1) is 6.82. The molecule has 84 valence electrons. The van der Waals surface area contributed by atoms with Gasteiger partial charge in [0.15, 0.2) is 0 Å². The highest BCUT2D eigenvalue weighted by Gasteiger charge is 2.26. The fourth-order valence-electron chi connectivity index (χ4n) is 0.714. The zero-order chi connectivity index (χ0) is 12.1. The number of carbonyl (C=O) groups excluding carboxylic acids is 1. The maximum atomic E-state index is 11.3. The standard InChI is InChI=1S/C11H18ClN2O/c1-6-7-13-9(2)8-11(12)14(4,5)10(3)15/h6-8H,1-5H3/q+1. The number of hydrogen-bond donors (Lipinski definition) is 0. The maximum Gasteiger partial charge on any atom is 0.315 e. The molecule has 4 heteroatoms. The van der Waals surface area contributed by atoms with E-state index >= 15 is 0 Å². The molecule has 0 spiro atoms. The third-order valence-electron chi connectivity index (χ3n) is 2.08. The van der Waals surface area contributed by atoms with Gasteiger partial charge in [0, 0.05) is 18.0 Å². The van der Waals surface area contributed by atoms with E-state index in [1.807, 2.05) is 19.9 Å². The van der Waals surface area contributed by atoms with E-state index in [9.17, 15) is 4.79 Å². The van der Waals surface area contributed by atoms with Crippen molar-refractivity contribution in [2.45, 2.75) is 20.8 Å². The van der Waals surface area contributed by atoms with Gasteiger partial charge in [0.1, 0.15) is 0 Å². The lowest BCUT2D eigenvalue weighted by atomic mass is 10.3. The molecule has 3 nitrogen and oxygen atoms in total. The molecule has 0 aliphatic carbocycles. The Labute approximate surface area is 96.3 Å². The van der Waals surface area contributed by atoms with E-state index in [0.717, 1.165) is 5.71 Å². The van der Waals surface area contributed by atoms with Crippen molar-refractivity contribution in [3.05, 3.63) is 23.5 Å². The molecule has 0 aliphatic heterocycles. The molecule has 0 saturated carbocycles. The summed E-state index contributed by atoms with van der Waals surface area (Å²) in [6.45, 7) is 5.23. The second-order valence-electron chi connectivity index (χ2n) is 3.69. The molecule has 0 aliphatic rings. The molecule has 0 bridgehead atoms. The van der Waals surface area contributed by atoms with Gasteiger partial charge in [0.05, 0.1) is 21.0 Å². The summed E-state index contributed by atoms with van der Waals surface area (Å²) in [4.78, 5) is 15.4. The monoisotopic (exact) mass is 229 g/mol. The minimum absolute atomic E-state index is 0.0184. The first kappa shape index (κ1) is 14.1. The first-order valence-corrected chi connectivity index (χ1v) is 5.08. The Bertz CT molecular complexity index is 327. The number of nitrogens with zero attached hydrogens (tertiary/aromatic N) is 2. The normalized spacial score (nSPS) is 14.8. The molecule has 0 fully saturated rings. The third kappa shape index (κ3) is 4.40. The number of halogens is 1. The van der Waals surface area contributed by atoms with E-state index in [0.29, 0.717) is 5.16 Å². The van der Waals surface area contributed by atoms with Gasteiger partial charge in [0.25, 0.3) is 0 Å². The van der Waals surface area contributed by atoms with Crippen LogP contribution in [0.5, 0.6) is 0 Å². The molecule has 0 aromatic carbocycles. The Morgan fingerprint density at radius 1 is 1.33 bits per heavy atom. The Morgan fingerprint density at radius 2 is 1.87 bits per heavy atom. The zero-order valence-electron chi connectivity index (χ0n) is 9.91. The molecular weight excluding hydrogens is 212 g/mol. The van der Waals surface area contributed by atoms with Crippen molar-refractivity contribution in [3.8, 4) is 0 Å². The molecule has 0 rings (SSSR count). The lowest BCUT2D eigenvalue weighted by Crippen LogP contribution is -2.41. The van der Waals surface area contributed by atoms with Crippen LogP contribution in [0.2, 0.25) is 0 Å². The van der Waals surface area contributed by atoms with Crippen LogP contribution in [-0.2, 0) is 4.79 Å². The maximum absolute atomic E-state index is 11.3. The molecule has 0 N–H and O–H groups in total. The molecule has 0 aromatic heterocycles. The van der Waals surface area contributed by atoms with Crippen LogP contribution in [-0.4, -0.2) is 30.2 Å². The summed E-state index contributed by atoms with van der Waals surface area (Å²) in [5, 5.41) is 0.452. The Morgan fingerprint density at radius 3 is 2.27 bits per heavy atom. The molecular formula is C11H18ClN2O+. The lowest BCUT2D eigenvalue weighted by molar-refractivity contribution is -0.765. The van der Waals surface area contributed by atoms with Crippen LogP contribution in [0.4, 0.5) is 0 Å². The summed E-state index contributed by atoms with van der Waals surface area (Å²) in [6, 6.07) is 0. The van der Waals surface area contributed by atoms with Gasteiger partial charge in [-0.05, 0) is 25.4 Å². The summed E-state index contributed by atoms with van der Waals surface area (Å²) < 4.78 is 0.0320. The van der Waals surface area contributed by atoms with Crippen LogP contribution in [0.15, 0.2) is 28.5 Å². The highest BCUT2D eigenvalue weighted by molar-refractivity contribution is 6.30. The summed E-state index contributed by atoms with van der Waals surface area (Å²) in [5.41, 5.74) is 0.769. The fraction of sp³-hybridized carbons (Fsp3) is 0.455. The van der Waals surface area contributed by atoms with Crippen molar-refractivity contribution in [1.29, 1.82) is 0 Å². The highest BCUT2D eigenvalue weighted by atomic mass is 35.5. The minimum atomic E-state index is -0.0184. The Balaban J connectivity index is 4.92. The highest BCUT2D eigenvalue weighted by Crippen LogP contribution is 2.16. The quantitative estimate of drug-likeness (QED) is 0.416. The average Bonchev–Trinajstić information content (AvgIpc) is 2.14. The minimum Gasteiger partial charge on any atom is -0.262 e. The fourth-order valence-corrected chi connectivity index (χ4v) is 0.990. The number of amides is 1. The van der Waals surface area contributed by atoms with Crippen LogP contribution in [0.25, 0.3) is 0 Å². The molecule has 1 amide bonds. The van der Waals surface area contributed by atoms with E-state index in [1.165, 1.54) is 6.92 Å². The molecule has 15 heavy (non-hydrogen) atoms. The van der Waals surface area contributed by atoms with Crippen molar-refractivity contribution in [2.75, 3.05) is 14.1 Å². The van der Waals surface area contributed by atoms with Crippen LogP contribution < -0.4 is 0 Å². The largest absolute Gasteiger partial charge is 0.315 e. The van der Waals surface area contributed by atoms with Gasteiger partial charge in [-0.1, -0.05) is 6.08 Å². The third-order valence-corrected chi connectivity index (χ3v) is 2.61. The van der Waals surface area contributed by atoms with Crippen molar-refractivity contribution in [2.24, 2.45) is 4.99 Å². The van der Waals surface area contributed by atoms with Crippen molar-refractivity contribution < 1.29 is 9.28 Å². The van der Waals surface area contributed by atoms with Crippen LogP contribution in [0.3, 0.4) is 0 Å². The van der Waals surface area contributed by atoms with E-state index < -0.39 is 0 Å². The van der Waals surface area contributed by atoms with E-state index in [2.05, 4.69) is 4.99 Å². The van der Waals surface area contributed by atoms with E-state index in [-0.39, 0.29) is 10.4 Å². The van der Waals surface area contributed by atoms with Gasteiger partial charge < -0.3 is 0 Å². The van der Waals surface area contributed by atoms with Crippen LogP contribution >= 0.6 is 11.6 Å². The predicted octanol–water partition coefficient (Wildman–Crippen LogP) is 2.68. The molecule has 0 saturated heterocycles. The predicted molar refractivity (Wildman–Crippen MR) is 64.6 cm³/mol. The molecule has 0 heterocycles. The number of allylic oxidation sites excluding steroid dienone is 2. The summed E-state index contributed by atoms with van der Waals surface area (Å²) >= 11 is 6.05. The number of hydrogen-bond acceptors (Lipinski definition) is 2. The SMILES string of the molecule is CC=CN=C(C)C=C(Cl)[N+](C)(C)C(C)=O. The van der Waals surface area contributed by atoms with Crippen LogP contribution in [0, 0.1) is 0 Å². The van der Waals surface area contributed by atoms with Gasteiger partial charge >= 0.3 is 5.91 Å². The Hall–Kier alpha value is -0.930. The van der Waals surface area contributed by atoms with Gasteiger partial charge in [-0.15, -0.1) is 0 Å². The molecule has 0 unspecified atom stereocenters. The van der Waals surface area contributed by atoms with Gasteiger partial charge in [-0.3, -0.25) is 4.99 Å². The van der Waals surface area contributed by atoms with E-state index in [4.69, 9.17) is 11.6 Å². The summed E-state index contributed by atoms with van der Waals surface area (Å²) in [5.74, 6) is -0.0184. The summed E-state index contributed by atoms with van der Waals surface area (Å²) in [6.07, 6.45) is 5.21. The topological polar surface area (TPSA) is 29.4 Å². The van der Waals surface area contributed by atoms with Gasteiger partial charge in [0.2, 0.25) is 5.16 Å². The number of rotatable bonds is 3. The van der Waals surface area contributed by atoms with E-state index in [1.54, 1.807) is 26.4 Å². The summed E-state index contributed by atoms with van der Waals surface area (Å²) in [7, 11) is 3.48. The van der Waals surface area contributed by atoms with Gasteiger partial charge in [-0.2, -0.15) is 0 Å². The first-order valence-electron chi connectivity index (χ1n) is 4.70. The lowest BCUT2D eigenvalue weighted by Gasteiger charge is -2.23. The smallest absolute Gasteiger partial charge is 0.262 e. The molecule has 0 aromatic rings. The van der Waals surface area contributed by atoms with Crippen molar-refractivity contribution in [1.82, 2.24) is 0 Å². The van der Waals surface area contributed by atoms with Crippen molar-refractivity contribution in [3.63, 3.8) is 0 Å². The molecule has 0 atom stereocenters. The molecule has 0 radical (unpaired) electrons. The number of aliphatic imine (C=N–C) groups is 1.